The summed E-state index contributed by atoms with van der Waals surface area (Å²) in [4.78, 5) is 24.5. The van der Waals surface area contributed by atoms with Crippen LogP contribution in [-0.2, 0) is 18.1 Å². The van der Waals surface area contributed by atoms with Crippen LogP contribution in [0.5, 0.6) is 0 Å². The first-order valence-electron chi connectivity index (χ1n) is 10.8. The molecule has 0 radical (unpaired) electrons. The van der Waals surface area contributed by atoms with Crippen molar-refractivity contribution >= 4 is 33.3 Å². The SMILES string of the molecule is O=C(O)c1ccc(C2(CC(=O)c3csc4ccn(Cc5ccc(C(F)(F)F)cc5)c34)CC2)cc1. The molecule has 1 saturated carbocycles. The van der Waals surface area contributed by atoms with E-state index in [1.807, 2.05) is 22.2 Å². The lowest BCUT2D eigenvalue weighted by Crippen LogP contribution is -2.14. The third-order valence-electron chi connectivity index (χ3n) is 6.52. The maximum absolute atomic E-state index is 13.4. The first-order chi connectivity index (χ1) is 16.2. The van der Waals surface area contributed by atoms with Gasteiger partial charge in [0.2, 0.25) is 0 Å². The molecule has 8 heteroatoms. The van der Waals surface area contributed by atoms with Gasteiger partial charge in [-0.15, -0.1) is 11.3 Å². The number of alkyl halides is 3. The van der Waals surface area contributed by atoms with Gasteiger partial charge in [0.1, 0.15) is 0 Å². The van der Waals surface area contributed by atoms with Crippen LogP contribution in [0.1, 0.15) is 56.7 Å². The second-order valence-corrected chi connectivity index (χ2v) is 9.67. The second-order valence-electron chi connectivity index (χ2n) is 8.76. The van der Waals surface area contributed by atoms with Crippen LogP contribution in [0.3, 0.4) is 0 Å². The molecule has 5 rings (SSSR count). The topological polar surface area (TPSA) is 59.3 Å². The lowest BCUT2D eigenvalue weighted by Gasteiger charge is -2.15. The third-order valence-corrected chi connectivity index (χ3v) is 7.45. The Morgan fingerprint density at radius 2 is 1.68 bits per heavy atom. The fourth-order valence-corrected chi connectivity index (χ4v) is 5.39. The predicted molar refractivity (Wildman–Crippen MR) is 124 cm³/mol. The van der Waals surface area contributed by atoms with E-state index in [1.54, 1.807) is 24.3 Å². The number of fused-ring (bicyclic) bond motifs is 1. The van der Waals surface area contributed by atoms with Crippen LogP contribution >= 0.6 is 11.3 Å². The van der Waals surface area contributed by atoms with Crippen molar-refractivity contribution in [3.8, 4) is 0 Å². The number of carbonyl (C=O) groups excluding carboxylic acids is 1. The van der Waals surface area contributed by atoms with E-state index in [9.17, 15) is 22.8 Å². The van der Waals surface area contributed by atoms with Gasteiger partial charge in [0, 0.05) is 30.0 Å². The summed E-state index contributed by atoms with van der Waals surface area (Å²) >= 11 is 1.47. The highest BCUT2D eigenvalue weighted by molar-refractivity contribution is 7.17. The molecule has 1 N–H and O–H groups in total. The monoisotopic (exact) mass is 483 g/mol. The minimum atomic E-state index is -4.38. The van der Waals surface area contributed by atoms with Gasteiger partial charge in [0.05, 0.1) is 26.9 Å². The zero-order valence-electron chi connectivity index (χ0n) is 17.9. The van der Waals surface area contributed by atoms with Crippen LogP contribution in [0.25, 0.3) is 10.2 Å². The first kappa shape index (κ1) is 22.4. The summed E-state index contributed by atoms with van der Waals surface area (Å²) in [5.41, 5.74) is 2.35. The summed E-state index contributed by atoms with van der Waals surface area (Å²) < 4.78 is 41.4. The average Bonchev–Trinajstić information content (AvgIpc) is 3.28. The van der Waals surface area contributed by atoms with Gasteiger partial charge in [0.25, 0.3) is 0 Å². The van der Waals surface area contributed by atoms with Gasteiger partial charge >= 0.3 is 12.1 Å². The molecule has 0 amide bonds. The molecule has 0 unspecified atom stereocenters. The van der Waals surface area contributed by atoms with Gasteiger partial charge in [-0.25, -0.2) is 4.79 Å². The van der Waals surface area contributed by atoms with E-state index in [0.29, 0.717) is 24.1 Å². The zero-order chi connectivity index (χ0) is 24.1. The minimum absolute atomic E-state index is 0.0124. The molecule has 2 heterocycles. The van der Waals surface area contributed by atoms with Crippen molar-refractivity contribution in [1.29, 1.82) is 0 Å². The molecule has 0 aliphatic heterocycles. The van der Waals surface area contributed by atoms with Gasteiger partial charge < -0.3 is 9.67 Å². The largest absolute Gasteiger partial charge is 0.478 e. The lowest BCUT2D eigenvalue weighted by atomic mass is 9.88. The summed E-state index contributed by atoms with van der Waals surface area (Å²) in [6, 6.07) is 13.7. The van der Waals surface area contributed by atoms with Crippen molar-refractivity contribution in [1.82, 2.24) is 4.57 Å². The molecule has 1 aliphatic rings. The summed E-state index contributed by atoms with van der Waals surface area (Å²) in [6.07, 6.45) is -0.460. The molecule has 1 fully saturated rings. The fraction of sp³-hybridized carbons (Fsp3) is 0.231. The fourth-order valence-electron chi connectivity index (χ4n) is 4.43. The Hall–Kier alpha value is -3.39. The molecular weight excluding hydrogens is 463 g/mol. The Balaban J connectivity index is 1.38. The van der Waals surface area contributed by atoms with Gasteiger partial charge in [-0.05, 0) is 54.3 Å². The quantitative estimate of drug-likeness (QED) is 0.295. The van der Waals surface area contributed by atoms with Gasteiger partial charge in [-0.1, -0.05) is 24.3 Å². The highest BCUT2D eigenvalue weighted by Crippen LogP contribution is 2.52. The van der Waals surface area contributed by atoms with Crippen molar-refractivity contribution < 1.29 is 27.9 Å². The molecule has 4 nitrogen and oxygen atoms in total. The van der Waals surface area contributed by atoms with E-state index < -0.39 is 17.7 Å². The van der Waals surface area contributed by atoms with Crippen molar-refractivity contribution in [3.63, 3.8) is 0 Å². The number of carbonyl (C=O) groups is 2. The molecule has 174 valence electrons. The molecule has 0 bridgehead atoms. The van der Waals surface area contributed by atoms with Crippen LogP contribution in [0.2, 0.25) is 0 Å². The number of benzene rings is 2. The minimum Gasteiger partial charge on any atom is -0.478 e. The predicted octanol–water partition coefficient (Wildman–Crippen LogP) is 6.77. The number of halogens is 3. The van der Waals surface area contributed by atoms with Crippen LogP contribution in [-0.4, -0.2) is 21.4 Å². The van der Waals surface area contributed by atoms with Crippen LogP contribution in [0.15, 0.2) is 66.2 Å². The standard InChI is InChI=1S/C26H20F3NO3S/c27-26(28,29)19-5-1-16(2-6-19)14-30-12-9-22-23(30)20(15-34-22)21(31)13-25(10-11-25)18-7-3-17(4-8-18)24(32)33/h1-9,12,15H,10-11,13-14H2,(H,32,33). The maximum Gasteiger partial charge on any atom is 0.416 e. The van der Waals surface area contributed by atoms with E-state index in [-0.39, 0.29) is 16.8 Å². The van der Waals surface area contributed by atoms with Crippen LogP contribution < -0.4 is 0 Å². The number of nitrogens with zero attached hydrogens (tertiary/aromatic N) is 1. The van der Waals surface area contributed by atoms with Crippen molar-refractivity contribution in [2.24, 2.45) is 0 Å². The van der Waals surface area contributed by atoms with Gasteiger partial charge in [0.15, 0.2) is 5.78 Å². The Morgan fingerprint density at radius 1 is 1.00 bits per heavy atom. The normalized spacial score (nSPS) is 14.9. The Labute approximate surface area is 197 Å². The summed E-state index contributed by atoms with van der Waals surface area (Å²) in [5, 5.41) is 11.0. The second kappa shape index (κ2) is 8.13. The first-order valence-corrected chi connectivity index (χ1v) is 11.6. The third kappa shape index (κ3) is 4.14. The number of Topliss-reactive ketones (excluding diaryl/α,β-unsaturated/α-hetero) is 1. The Morgan fingerprint density at radius 3 is 2.26 bits per heavy atom. The Bertz CT molecular complexity index is 1380. The average molecular weight is 484 g/mol. The number of carboxylic acid groups (broad SMARTS) is 1. The number of hydrogen-bond acceptors (Lipinski definition) is 3. The summed E-state index contributed by atoms with van der Waals surface area (Å²) in [6.45, 7) is 0.362. The van der Waals surface area contributed by atoms with Crippen molar-refractivity contribution in [2.75, 3.05) is 0 Å². The number of thiophene rings is 1. The van der Waals surface area contributed by atoms with E-state index in [0.717, 1.165) is 40.8 Å². The van der Waals surface area contributed by atoms with Crippen molar-refractivity contribution in [2.45, 2.75) is 37.4 Å². The zero-order valence-corrected chi connectivity index (χ0v) is 18.7. The molecule has 0 atom stereocenters. The molecule has 0 saturated heterocycles. The molecule has 4 aromatic rings. The van der Waals surface area contributed by atoms with Crippen molar-refractivity contribution in [3.05, 3.63) is 94.0 Å². The van der Waals surface area contributed by atoms with Gasteiger partial charge in [-0.2, -0.15) is 13.2 Å². The number of aromatic carboxylic acids is 1. The molecular formula is C26H20F3NO3S. The molecule has 34 heavy (non-hydrogen) atoms. The van der Waals surface area contributed by atoms with E-state index in [1.165, 1.54) is 23.5 Å². The number of hydrogen-bond donors (Lipinski definition) is 1. The van der Waals surface area contributed by atoms with E-state index >= 15 is 0 Å². The van der Waals surface area contributed by atoms with Crippen LogP contribution in [0, 0.1) is 0 Å². The Kier molecular flexibility index (Phi) is 5.36. The lowest BCUT2D eigenvalue weighted by molar-refractivity contribution is -0.137. The summed E-state index contributed by atoms with van der Waals surface area (Å²) in [5.74, 6) is -0.972. The maximum atomic E-state index is 13.4. The number of rotatable bonds is 7. The van der Waals surface area contributed by atoms with Gasteiger partial charge in [-0.3, -0.25) is 4.79 Å². The van der Waals surface area contributed by atoms with E-state index in [4.69, 9.17) is 5.11 Å². The van der Waals surface area contributed by atoms with Crippen LogP contribution in [0.4, 0.5) is 13.2 Å². The number of carboxylic acids is 1. The highest BCUT2D eigenvalue weighted by Gasteiger charge is 2.46. The number of aromatic nitrogens is 1. The number of ketones is 1. The molecule has 2 aromatic heterocycles. The smallest absolute Gasteiger partial charge is 0.416 e. The molecule has 2 aromatic carbocycles. The highest BCUT2D eigenvalue weighted by atomic mass is 32.1. The summed E-state index contributed by atoms with van der Waals surface area (Å²) in [7, 11) is 0. The molecule has 1 aliphatic carbocycles. The molecule has 0 spiro atoms. The van der Waals surface area contributed by atoms with E-state index in [2.05, 4.69) is 0 Å².